The van der Waals surface area contributed by atoms with E-state index in [4.69, 9.17) is 4.74 Å². The summed E-state index contributed by atoms with van der Waals surface area (Å²) in [7, 11) is 1.66. The zero-order valence-electron chi connectivity index (χ0n) is 13.3. The van der Waals surface area contributed by atoms with E-state index >= 15 is 0 Å². The number of rotatable bonds is 7. The molecule has 0 unspecified atom stereocenters. The van der Waals surface area contributed by atoms with Gasteiger partial charge in [-0.15, -0.1) is 0 Å². The van der Waals surface area contributed by atoms with Gasteiger partial charge in [-0.3, -0.25) is 4.79 Å². The average Bonchev–Trinajstić information content (AvgIpc) is 2.51. The number of aromatic nitrogens is 1. The highest BCUT2D eigenvalue weighted by Gasteiger charge is 2.07. The SMILES string of the molecule is COCCCNC(=O)CSc1cc(C)c2cccc(C)c2n1. The molecule has 0 radical (unpaired) electrons. The quantitative estimate of drug-likeness (QED) is 0.629. The van der Waals surface area contributed by atoms with Gasteiger partial charge in [-0.25, -0.2) is 4.98 Å². The van der Waals surface area contributed by atoms with Crippen molar-refractivity contribution in [1.29, 1.82) is 0 Å². The lowest BCUT2D eigenvalue weighted by Crippen LogP contribution is -2.26. The second-order valence-electron chi connectivity index (χ2n) is 5.23. The van der Waals surface area contributed by atoms with Gasteiger partial charge in [0.1, 0.15) is 0 Å². The van der Waals surface area contributed by atoms with E-state index in [1.807, 2.05) is 12.1 Å². The highest BCUT2D eigenvalue weighted by atomic mass is 32.2. The van der Waals surface area contributed by atoms with Gasteiger partial charge in [-0.05, 0) is 37.5 Å². The minimum Gasteiger partial charge on any atom is -0.385 e. The third kappa shape index (κ3) is 4.45. The standard InChI is InChI=1S/C17H22N2O2S/c1-12-6-4-7-14-13(2)10-16(19-17(12)14)22-11-15(20)18-8-5-9-21-3/h4,6-7,10H,5,8-9,11H2,1-3H3,(H,18,20). The molecule has 0 aliphatic carbocycles. The molecular formula is C17H22N2O2S. The number of para-hydroxylation sites is 1. The van der Waals surface area contributed by atoms with Crippen LogP contribution in [0.2, 0.25) is 0 Å². The molecule has 22 heavy (non-hydrogen) atoms. The highest BCUT2D eigenvalue weighted by Crippen LogP contribution is 2.25. The van der Waals surface area contributed by atoms with Crippen LogP contribution in [0.15, 0.2) is 29.3 Å². The van der Waals surface area contributed by atoms with Gasteiger partial charge in [0.05, 0.1) is 16.3 Å². The third-order valence-corrected chi connectivity index (χ3v) is 4.33. The van der Waals surface area contributed by atoms with Gasteiger partial charge in [0, 0.05) is 25.6 Å². The first kappa shape index (κ1) is 16.8. The minimum absolute atomic E-state index is 0.0328. The molecule has 1 N–H and O–H groups in total. The van der Waals surface area contributed by atoms with Gasteiger partial charge in [0.2, 0.25) is 5.91 Å². The number of fused-ring (bicyclic) bond motifs is 1. The number of pyridine rings is 1. The van der Waals surface area contributed by atoms with Crippen LogP contribution in [0.25, 0.3) is 10.9 Å². The van der Waals surface area contributed by atoms with Gasteiger partial charge in [0.15, 0.2) is 0 Å². The average molecular weight is 318 g/mol. The number of carbonyl (C=O) groups excluding carboxylic acids is 1. The van der Waals surface area contributed by atoms with Crippen LogP contribution >= 0.6 is 11.8 Å². The number of nitrogens with one attached hydrogen (secondary N) is 1. The Hall–Kier alpha value is -1.59. The number of hydrogen-bond donors (Lipinski definition) is 1. The molecular weight excluding hydrogens is 296 g/mol. The summed E-state index contributed by atoms with van der Waals surface area (Å²) >= 11 is 1.48. The number of amides is 1. The summed E-state index contributed by atoms with van der Waals surface area (Å²) < 4.78 is 4.95. The number of thioether (sulfide) groups is 1. The first-order valence-electron chi connectivity index (χ1n) is 7.37. The zero-order valence-corrected chi connectivity index (χ0v) is 14.1. The van der Waals surface area contributed by atoms with E-state index in [0.29, 0.717) is 18.9 Å². The fourth-order valence-electron chi connectivity index (χ4n) is 2.24. The van der Waals surface area contributed by atoms with Crippen LogP contribution in [0, 0.1) is 13.8 Å². The summed E-state index contributed by atoms with van der Waals surface area (Å²) in [4.78, 5) is 16.5. The van der Waals surface area contributed by atoms with Crippen LogP contribution in [0.3, 0.4) is 0 Å². The van der Waals surface area contributed by atoms with E-state index in [1.54, 1.807) is 7.11 Å². The van der Waals surface area contributed by atoms with Gasteiger partial charge in [-0.2, -0.15) is 0 Å². The van der Waals surface area contributed by atoms with E-state index in [1.165, 1.54) is 22.7 Å². The van der Waals surface area contributed by atoms with Crippen molar-refractivity contribution in [3.63, 3.8) is 0 Å². The fourth-order valence-corrected chi connectivity index (χ4v) is 3.04. The lowest BCUT2D eigenvalue weighted by Gasteiger charge is -2.08. The Morgan fingerprint density at radius 2 is 2.14 bits per heavy atom. The Morgan fingerprint density at radius 3 is 2.91 bits per heavy atom. The molecule has 1 amide bonds. The topological polar surface area (TPSA) is 51.2 Å². The number of carbonyl (C=O) groups is 1. The summed E-state index contributed by atoms with van der Waals surface area (Å²) in [5, 5.41) is 4.95. The molecule has 1 heterocycles. The summed E-state index contributed by atoms with van der Waals surface area (Å²) in [6, 6.07) is 8.24. The van der Waals surface area contributed by atoms with Crippen LogP contribution in [0.4, 0.5) is 0 Å². The second kappa shape index (κ2) is 8.15. The Labute approximate surface area is 135 Å². The molecule has 1 aromatic carbocycles. The number of ether oxygens (including phenoxy) is 1. The minimum atomic E-state index is 0.0328. The first-order chi connectivity index (χ1) is 10.6. The predicted molar refractivity (Wildman–Crippen MR) is 91.4 cm³/mol. The molecule has 5 heteroatoms. The van der Waals surface area contributed by atoms with Crippen molar-refractivity contribution in [2.45, 2.75) is 25.3 Å². The van der Waals surface area contributed by atoms with Crippen molar-refractivity contribution in [2.24, 2.45) is 0 Å². The molecule has 0 atom stereocenters. The molecule has 0 aliphatic rings. The van der Waals surface area contributed by atoms with Gasteiger partial charge in [0.25, 0.3) is 0 Å². The number of aryl methyl sites for hydroxylation is 2. The molecule has 1 aromatic heterocycles. The van der Waals surface area contributed by atoms with Crippen LogP contribution in [0.5, 0.6) is 0 Å². The monoisotopic (exact) mass is 318 g/mol. The second-order valence-corrected chi connectivity index (χ2v) is 6.23. The third-order valence-electron chi connectivity index (χ3n) is 3.42. The van der Waals surface area contributed by atoms with E-state index in [9.17, 15) is 4.79 Å². The Morgan fingerprint density at radius 1 is 1.32 bits per heavy atom. The van der Waals surface area contributed by atoms with Crippen molar-refractivity contribution in [3.8, 4) is 0 Å². The molecule has 0 saturated heterocycles. The fraction of sp³-hybridized carbons (Fsp3) is 0.412. The van der Waals surface area contributed by atoms with Gasteiger partial charge in [-0.1, -0.05) is 30.0 Å². The van der Waals surface area contributed by atoms with Crippen molar-refractivity contribution >= 4 is 28.6 Å². The van der Waals surface area contributed by atoms with Crippen LogP contribution in [-0.2, 0) is 9.53 Å². The van der Waals surface area contributed by atoms with E-state index < -0.39 is 0 Å². The summed E-state index contributed by atoms with van der Waals surface area (Å²) in [6.07, 6.45) is 0.833. The lowest BCUT2D eigenvalue weighted by molar-refractivity contribution is -0.118. The van der Waals surface area contributed by atoms with Gasteiger partial charge >= 0.3 is 0 Å². The van der Waals surface area contributed by atoms with Crippen LogP contribution in [-0.4, -0.2) is 36.9 Å². The summed E-state index contributed by atoms with van der Waals surface area (Å²) in [5.74, 6) is 0.419. The largest absolute Gasteiger partial charge is 0.385 e. The molecule has 0 saturated carbocycles. The maximum Gasteiger partial charge on any atom is 0.230 e. The summed E-state index contributed by atoms with van der Waals surface area (Å²) in [6.45, 7) is 5.46. The number of hydrogen-bond acceptors (Lipinski definition) is 4. The smallest absolute Gasteiger partial charge is 0.230 e. The maximum atomic E-state index is 11.8. The van der Waals surface area contributed by atoms with E-state index in [0.717, 1.165) is 22.5 Å². The van der Waals surface area contributed by atoms with Crippen LogP contribution < -0.4 is 5.32 Å². The summed E-state index contributed by atoms with van der Waals surface area (Å²) in [5.41, 5.74) is 3.37. The zero-order chi connectivity index (χ0) is 15.9. The van der Waals surface area contributed by atoms with Crippen molar-refractivity contribution in [2.75, 3.05) is 26.0 Å². The highest BCUT2D eigenvalue weighted by molar-refractivity contribution is 7.99. The molecule has 2 aromatic rings. The normalized spacial score (nSPS) is 10.9. The maximum absolute atomic E-state index is 11.8. The molecule has 0 aliphatic heterocycles. The lowest BCUT2D eigenvalue weighted by atomic mass is 10.1. The molecule has 4 nitrogen and oxygen atoms in total. The molecule has 118 valence electrons. The van der Waals surface area contributed by atoms with Crippen molar-refractivity contribution in [3.05, 3.63) is 35.4 Å². The Kier molecular flexibility index (Phi) is 6.21. The first-order valence-corrected chi connectivity index (χ1v) is 8.36. The molecule has 0 bridgehead atoms. The number of nitrogens with zero attached hydrogens (tertiary/aromatic N) is 1. The molecule has 0 spiro atoms. The predicted octanol–water partition coefficient (Wildman–Crippen LogP) is 3.10. The van der Waals surface area contributed by atoms with Gasteiger partial charge < -0.3 is 10.1 Å². The molecule has 2 rings (SSSR count). The van der Waals surface area contributed by atoms with E-state index in [-0.39, 0.29) is 5.91 Å². The van der Waals surface area contributed by atoms with Crippen molar-refractivity contribution in [1.82, 2.24) is 10.3 Å². The van der Waals surface area contributed by atoms with Crippen LogP contribution in [0.1, 0.15) is 17.5 Å². The molecule has 0 fully saturated rings. The Bertz CT molecular complexity index is 658. The number of methoxy groups -OCH3 is 1. The number of benzene rings is 1. The van der Waals surface area contributed by atoms with Crippen molar-refractivity contribution < 1.29 is 9.53 Å². The van der Waals surface area contributed by atoms with E-state index in [2.05, 4.69) is 36.3 Å². The Balaban J connectivity index is 1.97.